The number of rotatable bonds is 7. The van der Waals surface area contributed by atoms with E-state index in [9.17, 15) is 19.2 Å². The van der Waals surface area contributed by atoms with Crippen LogP contribution in [-0.4, -0.2) is 66.2 Å². The van der Waals surface area contributed by atoms with Crippen molar-refractivity contribution in [2.45, 2.75) is 40.2 Å². The molecule has 0 radical (unpaired) electrons. The van der Waals surface area contributed by atoms with E-state index in [-0.39, 0.29) is 55.5 Å². The molecule has 9 heteroatoms. The number of hydrogen-bond donors (Lipinski definition) is 2. The predicted octanol–water partition coefficient (Wildman–Crippen LogP) is 2.69. The summed E-state index contributed by atoms with van der Waals surface area (Å²) in [4.78, 5) is 56.7. The highest BCUT2D eigenvalue weighted by Gasteiger charge is 2.30. The first-order chi connectivity index (χ1) is 15.6. The molecule has 9 nitrogen and oxygen atoms in total. The number of aryl methyl sites for hydroxylation is 1. The standard InChI is InChI=1S/C24H30N4O5/c1-6-33-24(32)23-15(3)22(16(4)25-23)19(29)12-27(5)13-21(31)28-14(2)11-20(30)26-17-9-7-8-10-18(17)28/h7-10,14,25H,6,11-13H2,1-5H3,(H,26,30). The largest absolute Gasteiger partial charge is 0.461 e. The third-order valence-electron chi connectivity index (χ3n) is 5.64. The molecule has 1 aromatic carbocycles. The van der Waals surface area contributed by atoms with Crippen LogP contribution in [-0.2, 0) is 14.3 Å². The zero-order valence-corrected chi connectivity index (χ0v) is 19.7. The van der Waals surface area contributed by atoms with E-state index in [2.05, 4.69) is 10.3 Å². The van der Waals surface area contributed by atoms with Gasteiger partial charge in [0.1, 0.15) is 5.69 Å². The third kappa shape index (κ3) is 5.14. The summed E-state index contributed by atoms with van der Waals surface area (Å²) >= 11 is 0. The molecule has 1 aliphatic heterocycles. The van der Waals surface area contributed by atoms with Gasteiger partial charge in [-0.15, -0.1) is 0 Å². The molecular weight excluding hydrogens is 424 g/mol. The van der Waals surface area contributed by atoms with Crippen LogP contribution in [0, 0.1) is 13.8 Å². The van der Waals surface area contributed by atoms with Gasteiger partial charge in [-0.3, -0.25) is 19.3 Å². The normalized spacial score (nSPS) is 15.6. The number of ketones is 1. The van der Waals surface area contributed by atoms with Crippen molar-refractivity contribution in [2.24, 2.45) is 0 Å². The summed E-state index contributed by atoms with van der Waals surface area (Å²) in [6.07, 6.45) is 0.182. The SMILES string of the molecule is CCOC(=O)c1[nH]c(C)c(C(=O)CN(C)CC(=O)N2c3ccccc3NC(=O)CC2C)c1C. The average Bonchev–Trinajstić information content (AvgIpc) is 2.95. The van der Waals surface area contributed by atoms with Crippen molar-refractivity contribution in [3.05, 3.63) is 46.8 Å². The van der Waals surface area contributed by atoms with Crippen molar-refractivity contribution >= 4 is 34.9 Å². The van der Waals surface area contributed by atoms with E-state index in [0.717, 1.165) is 0 Å². The molecule has 0 spiro atoms. The number of amides is 2. The first-order valence-electron chi connectivity index (χ1n) is 10.9. The number of carbonyl (C=O) groups excluding carboxylic acids is 4. The highest BCUT2D eigenvalue weighted by atomic mass is 16.5. The Morgan fingerprint density at radius 2 is 1.88 bits per heavy atom. The average molecular weight is 455 g/mol. The first-order valence-corrected chi connectivity index (χ1v) is 10.9. The van der Waals surface area contributed by atoms with Crippen LogP contribution in [0.2, 0.25) is 0 Å². The lowest BCUT2D eigenvalue weighted by atomic mass is 10.1. The summed E-state index contributed by atoms with van der Waals surface area (Å²) in [5.41, 5.74) is 3.04. The van der Waals surface area contributed by atoms with Gasteiger partial charge < -0.3 is 19.9 Å². The number of hydrogen-bond acceptors (Lipinski definition) is 6. The van der Waals surface area contributed by atoms with E-state index in [1.165, 1.54) is 0 Å². The molecule has 176 valence electrons. The van der Waals surface area contributed by atoms with Crippen LogP contribution in [0.5, 0.6) is 0 Å². The Labute approximate surface area is 193 Å². The Balaban J connectivity index is 1.74. The molecule has 0 fully saturated rings. The Bertz CT molecular complexity index is 1090. The number of aromatic amines is 1. The number of nitrogens with one attached hydrogen (secondary N) is 2. The van der Waals surface area contributed by atoms with Crippen molar-refractivity contribution < 1.29 is 23.9 Å². The fourth-order valence-electron chi connectivity index (χ4n) is 4.23. The van der Waals surface area contributed by atoms with E-state index in [0.29, 0.717) is 28.2 Å². The number of nitrogens with zero attached hydrogens (tertiary/aromatic N) is 2. The molecule has 33 heavy (non-hydrogen) atoms. The first kappa shape index (κ1) is 24.2. The predicted molar refractivity (Wildman–Crippen MR) is 125 cm³/mol. The van der Waals surface area contributed by atoms with Gasteiger partial charge in [0.25, 0.3) is 0 Å². The van der Waals surface area contributed by atoms with Crippen LogP contribution in [0.1, 0.15) is 52.4 Å². The zero-order valence-electron chi connectivity index (χ0n) is 19.7. The lowest BCUT2D eigenvalue weighted by molar-refractivity contribution is -0.120. The number of esters is 1. The summed E-state index contributed by atoms with van der Waals surface area (Å²) in [5, 5.41) is 2.84. The second-order valence-corrected chi connectivity index (χ2v) is 8.32. The topological polar surface area (TPSA) is 112 Å². The number of aromatic nitrogens is 1. The molecule has 1 aromatic heterocycles. The second kappa shape index (κ2) is 9.99. The summed E-state index contributed by atoms with van der Waals surface area (Å²) < 4.78 is 5.04. The van der Waals surface area contributed by atoms with Gasteiger partial charge in [-0.1, -0.05) is 12.1 Å². The molecule has 0 saturated heterocycles. The summed E-state index contributed by atoms with van der Waals surface area (Å²) in [6, 6.07) is 6.84. The van der Waals surface area contributed by atoms with Crippen molar-refractivity contribution in [2.75, 3.05) is 37.0 Å². The second-order valence-electron chi connectivity index (χ2n) is 8.32. The van der Waals surface area contributed by atoms with Gasteiger partial charge in [-0.05, 0) is 52.4 Å². The lowest BCUT2D eigenvalue weighted by Crippen LogP contribution is -2.45. The van der Waals surface area contributed by atoms with Crippen LogP contribution in [0.25, 0.3) is 0 Å². The Hall–Kier alpha value is -3.46. The molecule has 2 N–H and O–H groups in total. The molecule has 2 aromatic rings. The zero-order chi connectivity index (χ0) is 24.3. The number of likely N-dealkylation sites (N-methyl/N-ethyl adjacent to an activating group) is 1. The fraction of sp³-hybridized carbons (Fsp3) is 0.417. The van der Waals surface area contributed by atoms with Gasteiger partial charge in [-0.2, -0.15) is 0 Å². The van der Waals surface area contributed by atoms with Gasteiger partial charge in [0, 0.05) is 23.7 Å². The Kier molecular flexibility index (Phi) is 7.33. The molecule has 2 amide bonds. The van der Waals surface area contributed by atoms with Gasteiger partial charge in [-0.25, -0.2) is 4.79 Å². The maximum Gasteiger partial charge on any atom is 0.355 e. The number of fused-ring (bicyclic) bond motifs is 1. The smallest absolute Gasteiger partial charge is 0.355 e. The summed E-state index contributed by atoms with van der Waals surface area (Å²) in [7, 11) is 1.69. The van der Waals surface area contributed by atoms with Crippen LogP contribution in [0.15, 0.2) is 24.3 Å². The lowest BCUT2D eigenvalue weighted by Gasteiger charge is -2.29. The van der Waals surface area contributed by atoms with E-state index < -0.39 is 5.97 Å². The molecular formula is C24H30N4O5. The van der Waals surface area contributed by atoms with Crippen LogP contribution in [0.3, 0.4) is 0 Å². The van der Waals surface area contributed by atoms with Gasteiger partial charge in [0.15, 0.2) is 5.78 Å². The molecule has 1 unspecified atom stereocenters. The minimum atomic E-state index is -0.502. The fourth-order valence-corrected chi connectivity index (χ4v) is 4.23. The van der Waals surface area contributed by atoms with Gasteiger partial charge in [0.05, 0.1) is 31.1 Å². The van der Waals surface area contributed by atoms with Crippen molar-refractivity contribution in [1.82, 2.24) is 9.88 Å². The van der Waals surface area contributed by atoms with E-state index in [4.69, 9.17) is 4.74 Å². The molecule has 1 aliphatic rings. The van der Waals surface area contributed by atoms with Crippen molar-refractivity contribution in [1.29, 1.82) is 0 Å². The van der Waals surface area contributed by atoms with E-state index >= 15 is 0 Å². The number of Topliss-reactive ketones (excluding diaryl/α,β-unsaturated/α-hetero) is 1. The number of anilines is 2. The molecule has 1 atom stereocenters. The van der Waals surface area contributed by atoms with E-state index in [1.807, 2.05) is 13.0 Å². The van der Waals surface area contributed by atoms with E-state index in [1.54, 1.807) is 55.8 Å². The van der Waals surface area contributed by atoms with Gasteiger partial charge >= 0.3 is 5.97 Å². The monoisotopic (exact) mass is 454 g/mol. The minimum Gasteiger partial charge on any atom is -0.461 e. The Morgan fingerprint density at radius 1 is 1.18 bits per heavy atom. The third-order valence-corrected chi connectivity index (χ3v) is 5.64. The highest BCUT2D eigenvalue weighted by molar-refractivity contribution is 6.06. The van der Waals surface area contributed by atoms with Crippen LogP contribution in [0.4, 0.5) is 11.4 Å². The minimum absolute atomic E-state index is 0.00537. The number of carbonyl (C=O) groups is 4. The molecule has 0 saturated carbocycles. The summed E-state index contributed by atoms with van der Waals surface area (Å²) in [6.45, 7) is 7.21. The quantitative estimate of drug-likeness (QED) is 0.491. The maximum absolute atomic E-state index is 13.2. The summed E-state index contributed by atoms with van der Waals surface area (Å²) in [5.74, 6) is -1.06. The number of ether oxygens (including phenoxy) is 1. The van der Waals surface area contributed by atoms with Gasteiger partial charge in [0.2, 0.25) is 11.8 Å². The Morgan fingerprint density at radius 3 is 2.58 bits per heavy atom. The highest BCUT2D eigenvalue weighted by Crippen LogP contribution is 2.31. The van der Waals surface area contributed by atoms with Crippen LogP contribution >= 0.6 is 0 Å². The number of H-pyrrole nitrogens is 1. The van der Waals surface area contributed by atoms with Crippen LogP contribution < -0.4 is 10.2 Å². The molecule has 0 bridgehead atoms. The van der Waals surface area contributed by atoms with Crippen molar-refractivity contribution in [3.63, 3.8) is 0 Å². The number of para-hydroxylation sites is 2. The molecule has 3 rings (SSSR count). The molecule has 0 aliphatic carbocycles. The number of benzene rings is 1. The van der Waals surface area contributed by atoms with Crippen molar-refractivity contribution in [3.8, 4) is 0 Å². The maximum atomic E-state index is 13.2. The molecule has 2 heterocycles.